The van der Waals surface area contributed by atoms with E-state index >= 15 is 0 Å². The molecule has 0 unspecified atom stereocenters. The zero-order valence-corrected chi connectivity index (χ0v) is 20.8. The van der Waals surface area contributed by atoms with E-state index in [0.717, 1.165) is 40.9 Å². The molecule has 0 aliphatic rings. The highest BCUT2D eigenvalue weighted by Crippen LogP contribution is 2.35. The maximum Gasteiger partial charge on any atom is 0.338 e. The van der Waals surface area contributed by atoms with E-state index in [9.17, 15) is 4.79 Å². The summed E-state index contributed by atoms with van der Waals surface area (Å²) in [5.41, 5.74) is 5.08. The van der Waals surface area contributed by atoms with E-state index in [1.54, 1.807) is 0 Å². The van der Waals surface area contributed by atoms with Crippen LogP contribution >= 0.6 is 0 Å². The maximum absolute atomic E-state index is 12.6. The molecule has 0 aliphatic carbocycles. The second-order valence-electron chi connectivity index (χ2n) is 8.93. The second kappa shape index (κ2) is 11.4. The van der Waals surface area contributed by atoms with Crippen LogP contribution in [0.1, 0.15) is 27.0 Å². The van der Waals surface area contributed by atoms with Gasteiger partial charge in [0.15, 0.2) is 0 Å². The monoisotopic (exact) mass is 487 g/mol. The summed E-state index contributed by atoms with van der Waals surface area (Å²) < 4.78 is 11.3. The van der Waals surface area contributed by atoms with Gasteiger partial charge in [-0.3, -0.25) is 0 Å². The molecule has 0 spiro atoms. The molecule has 0 saturated heterocycles. The number of hydrogen-bond acceptors (Lipinski definition) is 4. The van der Waals surface area contributed by atoms with Gasteiger partial charge in [-0.25, -0.2) is 4.79 Å². The first kappa shape index (κ1) is 24.1. The van der Waals surface area contributed by atoms with E-state index in [1.165, 1.54) is 18.2 Å². The summed E-state index contributed by atoms with van der Waals surface area (Å²) in [5.74, 6) is 0.395. The number of methoxy groups -OCH3 is 1. The summed E-state index contributed by atoms with van der Waals surface area (Å²) in [6, 6.07) is 40.7. The van der Waals surface area contributed by atoms with Crippen LogP contribution in [0.2, 0.25) is 0 Å². The van der Waals surface area contributed by atoms with Gasteiger partial charge < -0.3 is 14.4 Å². The molecule has 4 nitrogen and oxygen atoms in total. The minimum absolute atomic E-state index is 0.354. The van der Waals surface area contributed by atoms with Gasteiger partial charge in [-0.2, -0.15) is 0 Å². The predicted molar refractivity (Wildman–Crippen MR) is 149 cm³/mol. The van der Waals surface area contributed by atoms with E-state index in [-0.39, 0.29) is 5.97 Å². The number of benzene rings is 5. The van der Waals surface area contributed by atoms with Crippen molar-refractivity contribution >= 4 is 22.4 Å². The Bertz CT molecular complexity index is 1430. The Morgan fingerprint density at radius 3 is 1.78 bits per heavy atom. The van der Waals surface area contributed by atoms with Gasteiger partial charge in [0.25, 0.3) is 0 Å². The average molecular weight is 488 g/mol. The molecule has 0 radical (unpaired) electrons. The van der Waals surface area contributed by atoms with Crippen molar-refractivity contribution in [1.29, 1.82) is 0 Å². The van der Waals surface area contributed by atoms with E-state index < -0.39 is 0 Å². The number of hydrogen-bond donors (Lipinski definition) is 0. The molecule has 0 atom stereocenters. The number of rotatable bonds is 9. The lowest BCUT2D eigenvalue weighted by Gasteiger charge is -2.27. The first-order valence-electron chi connectivity index (χ1n) is 12.4. The highest BCUT2D eigenvalue weighted by atomic mass is 16.5. The Balaban J connectivity index is 1.58. The van der Waals surface area contributed by atoms with E-state index in [2.05, 4.69) is 53.4 Å². The van der Waals surface area contributed by atoms with Gasteiger partial charge in [0.2, 0.25) is 0 Å². The molecule has 0 amide bonds. The SMILES string of the molecule is COC(=O)c1ccc(N(Cc2ccccc2)Cc2ccccc2)c2cc(OCc3ccccc3)ccc12. The highest BCUT2D eigenvalue weighted by molar-refractivity contribution is 6.09. The van der Waals surface area contributed by atoms with E-state index in [1.807, 2.05) is 72.8 Å². The minimum Gasteiger partial charge on any atom is -0.489 e. The molecule has 0 bridgehead atoms. The van der Waals surface area contributed by atoms with Crippen molar-refractivity contribution in [3.05, 3.63) is 144 Å². The van der Waals surface area contributed by atoms with Crippen molar-refractivity contribution in [2.24, 2.45) is 0 Å². The molecule has 0 aliphatic heterocycles. The molecular weight excluding hydrogens is 458 g/mol. The molecular formula is C33H29NO3. The van der Waals surface area contributed by atoms with Gasteiger partial charge in [0, 0.05) is 24.2 Å². The Morgan fingerprint density at radius 2 is 1.22 bits per heavy atom. The fourth-order valence-electron chi connectivity index (χ4n) is 4.54. The highest BCUT2D eigenvalue weighted by Gasteiger charge is 2.18. The second-order valence-corrected chi connectivity index (χ2v) is 8.93. The van der Waals surface area contributed by atoms with E-state index in [4.69, 9.17) is 9.47 Å². The fraction of sp³-hybridized carbons (Fsp3) is 0.121. The third kappa shape index (κ3) is 5.81. The molecule has 184 valence electrons. The van der Waals surface area contributed by atoms with Gasteiger partial charge in [0.05, 0.1) is 12.7 Å². The van der Waals surface area contributed by atoms with Gasteiger partial charge in [-0.05, 0) is 52.4 Å². The number of anilines is 1. The summed E-state index contributed by atoms with van der Waals surface area (Å²) in [4.78, 5) is 15.0. The third-order valence-electron chi connectivity index (χ3n) is 6.39. The summed E-state index contributed by atoms with van der Waals surface area (Å²) in [5, 5.41) is 1.78. The Hall–Kier alpha value is -4.57. The fourth-order valence-corrected chi connectivity index (χ4v) is 4.54. The largest absolute Gasteiger partial charge is 0.489 e. The summed E-state index contributed by atoms with van der Waals surface area (Å²) >= 11 is 0. The molecule has 4 heteroatoms. The molecule has 0 fully saturated rings. The molecule has 0 N–H and O–H groups in total. The van der Waals surface area contributed by atoms with Crippen LogP contribution in [0.4, 0.5) is 5.69 Å². The van der Waals surface area contributed by atoms with Crippen molar-refractivity contribution in [3.63, 3.8) is 0 Å². The zero-order chi connectivity index (χ0) is 25.5. The normalized spacial score (nSPS) is 10.7. The van der Waals surface area contributed by atoms with E-state index in [0.29, 0.717) is 12.2 Å². The quantitative estimate of drug-likeness (QED) is 0.203. The molecule has 5 aromatic carbocycles. The van der Waals surface area contributed by atoms with Gasteiger partial charge in [-0.1, -0.05) is 91.0 Å². The van der Waals surface area contributed by atoms with Crippen LogP contribution in [0.15, 0.2) is 121 Å². The molecule has 0 heterocycles. The first-order valence-corrected chi connectivity index (χ1v) is 12.4. The Labute approximate surface area is 217 Å². The Morgan fingerprint density at radius 1 is 0.649 bits per heavy atom. The van der Waals surface area contributed by atoms with Gasteiger partial charge in [0.1, 0.15) is 12.4 Å². The molecule has 0 aromatic heterocycles. The van der Waals surface area contributed by atoms with Crippen LogP contribution in [0.5, 0.6) is 5.75 Å². The predicted octanol–water partition coefficient (Wildman–Crippen LogP) is 7.41. The number of fused-ring (bicyclic) bond motifs is 1. The summed E-state index contributed by atoms with van der Waals surface area (Å²) in [7, 11) is 1.41. The minimum atomic E-state index is -0.354. The molecule has 37 heavy (non-hydrogen) atoms. The molecule has 0 saturated carbocycles. The van der Waals surface area contributed by atoms with Crippen LogP contribution in [-0.4, -0.2) is 13.1 Å². The van der Waals surface area contributed by atoms with Crippen LogP contribution in [0, 0.1) is 0 Å². The van der Waals surface area contributed by atoms with Crippen LogP contribution in [0.3, 0.4) is 0 Å². The number of nitrogens with zero attached hydrogens (tertiary/aromatic N) is 1. The lowest BCUT2D eigenvalue weighted by atomic mass is 10.0. The lowest BCUT2D eigenvalue weighted by molar-refractivity contribution is 0.0603. The standard InChI is InChI=1S/C33H29NO3/c1-36-33(35)30-19-20-32(31-21-28(17-18-29(30)31)37-24-27-15-9-4-10-16-27)34(22-25-11-5-2-6-12-25)23-26-13-7-3-8-14-26/h2-21H,22-24H2,1H3. The third-order valence-corrected chi connectivity index (χ3v) is 6.39. The van der Waals surface area contributed by atoms with Crippen LogP contribution < -0.4 is 9.64 Å². The van der Waals surface area contributed by atoms with Crippen molar-refractivity contribution in [2.75, 3.05) is 12.0 Å². The van der Waals surface area contributed by atoms with Gasteiger partial charge >= 0.3 is 5.97 Å². The number of ether oxygens (including phenoxy) is 2. The van der Waals surface area contributed by atoms with Crippen molar-refractivity contribution in [1.82, 2.24) is 0 Å². The van der Waals surface area contributed by atoms with Crippen LogP contribution in [0.25, 0.3) is 10.8 Å². The summed E-state index contributed by atoms with van der Waals surface area (Å²) in [6.07, 6.45) is 0. The topological polar surface area (TPSA) is 38.8 Å². The molecule has 5 rings (SSSR count). The maximum atomic E-state index is 12.6. The molecule has 5 aromatic rings. The smallest absolute Gasteiger partial charge is 0.338 e. The average Bonchev–Trinajstić information content (AvgIpc) is 2.96. The number of esters is 1. The zero-order valence-electron chi connectivity index (χ0n) is 20.8. The first-order chi connectivity index (χ1) is 18.2. The van der Waals surface area contributed by atoms with Crippen molar-refractivity contribution in [2.45, 2.75) is 19.7 Å². The summed E-state index contributed by atoms with van der Waals surface area (Å²) in [6.45, 7) is 1.91. The van der Waals surface area contributed by atoms with Crippen LogP contribution in [-0.2, 0) is 24.4 Å². The van der Waals surface area contributed by atoms with Gasteiger partial charge in [-0.15, -0.1) is 0 Å². The number of carbonyl (C=O) groups excluding carboxylic acids is 1. The Kier molecular flexibility index (Phi) is 7.47. The number of carbonyl (C=O) groups is 1. The lowest BCUT2D eigenvalue weighted by Crippen LogP contribution is -2.22. The van der Waals surface area contributed by atoms with Crippen molar-refractivity contribution in [3.8, 4) is 5.75 Å². The van der Waals surface area contributed by atoms with Crippen molar-refractivity contribution < 1.29 is 14.3 Å².